The van der Waals surface area contributed by atoms with E-state index >= 15 is 0 Å². The number of benzene rings is 3. The highest BCUT2D eigenvalue weighted by Gasteiger charge is 2.39. The maximum Gasteiger partial charge on any atom is 0.181 e. The van der Waals surface area contributed by atoms with Gasteiger partial charge in [0.1, 0.15) is 0 Å². The van der Waals surface area contributed by atoms with E-state index in [1.165, 1.54) is 0 Å². The minimum absolute atomic E-state index is 0.328. The third kappa shape index (κ3) is 2.43. The van der Waals surface area contributed by atoms with Gasteiger partial charge in [0, 0.05) is 0 Å². The average molecular weight is 292 g/mol. The molecule has 0 atom stereocenters. The van der Waals surface area contributed by atoms with Crippen molar-refractivity contribution in [1.82, 2.24) is 0 Å². The summed E-state index contributed by atoms with van der Waals surface area (Å²) in [6.45, 7) is 0. The van der Waals surface area contributed by atoms with Gasteiger partial charge < -0.3 is 0 Å². The van der Waals surface area contributed by atoms with Crippen molar-refractivity contribution in [2.45, 2.75) is 0 Å². The Morgan fingerprint density at radius 3 is 1.05 bits per heavy atom. The predicted molar refractivity (Wildman–Crippen MR) is 90.0 cm³/mol. The third-order valence-electron chi connectivity index (χ3n) is 4.00. The Morgan fingerprint density at radius 2 is 0.810 bits per heavy atom. The number of alkyl halides is 1. The topological polar surface area (TPSA) is 0 Å². The normalized spacial score (nSPS) is 11.3. The van der Waals surface area contributed by atoms with Gasteiger partial charge in [0.25, 0.3) is 0 Å². The second kappa shape index (κ2) is 6.06. The van der Waals surface area contributed by atoms with E-state index in [1.54, 1.807) is 0 Å². The molecule has 21 heavy (non-hydrogen) atoms. The van der Waals surface area contributed by atoms with Crippen molar-refractivity contribution in [3.05, 3.63) is 91.0 Å². The first-order valence-corrected chi connectivity index (χ1v) is 9.31. The van der Waals surface area contributed by atoms with Crippen molar-refractivity contribution >= 4 is 23.6 Å². The first-order chi connectivity index (χ1) is 10.4. The second-order valence-electron chi connectivity index (χ2n) is 5.14. The number of rotatable bonds is 4. The molecule has 0 N–H and O–H groups in total. The maximum absolute atomic E-state index is 14.4. The van der Waals surface area contributed by atoms with Crippen LogP contribution in [-0.2, 0) is 0 Å². The highest BCUT2D eigenvalue weighted by molar-refractivity contribution is 7.11. The largest absolute Gasteiger partial charge is 0.254 e. The molecule has 0 aliphatic carbocycles. The van der Waals surface area contributed by atoms with E-state index in [0.29, 0.717) is 0 Å². The SMILES string of the molecule is FC[Si](c1ccccc1)(c1ccccc1)c1ccccc1. The summed E-state index contributed by atoms with van der Waals surface area (Å²) < 4.78 is 14.4. The lowest BCUT2D eigenvalue weighted by Crippen LogP contribution is -2.69. The Balaban J connectivity index is 2.29. The fourth-order valence-electron chi connectivity index (χ4n) is 2.90. The molecule has 104 valence electrons. The standard InChI is InChI=1S/C19H17FSi/c20-16-21(17-10-4-1-5-11-17,18-12-6-2-7-13-18)19-14-8-3-9-15-19/h1-15H,16H2. The molecule has 0 fully saturated rings. The minimum atomic E-state index is -2.56. The summed E-state index contributed by atoms with van der Waals surface area (Å²) in [5, 5.41) is 3.35. The molecule has 0 nitrogen and oxygen atoms in total. The summed E-state index contributed by atoms with van der Waals surface area (Å²) >= 11 is 0. The van der Waals surface area contributed by atoms with Gasteiger partial charge in [0.05, 0.1) is 6.30 Å². The van der Waals surface area contributed by atoms with E-state index in [4.69, 9.17) is 0 Å². The zero-order valence-electron chi connectivity index (χ0n) is 11.7. The van der Waals surface area contributed by atoms with Gasteiger partial charge in [0.15, 0.2) is 8.07 Å². The van der Waals surface area contributed by atoms with Gasteiger partial charge in [-0.2, -0.15) is 0 Å². The fourth-order valence-corrected chi connectivity index (χ4v) is 6.65. The molecule has 0 saturated heterocycles. The lowest BCUT2D eigenvalue weighted by atomic mass is 10.3. The van der Waals surface area contributed by atoms with Crippen LogP contribution in [0, 0.1) is 0 Å². The molecule has 0 radical (unpaired) electrons. The van der Waals surface area contributed by atoms with Crippen LogP contribution in [0.15, 0.2) is 91.0 Å². The molecule has 0 bridgehead atoms. The van der Waals surface area contributed by atoms with E-state index in [1.807, 2.05) is 54.6 Å². The molecule has 0 spiro atoms. The van der Waals surface area contributed by atoms with Gasteiger partial charge in [0.2, 0.25) is 0 Å². The molecule has 0 aliphatic heterocycles. The van der Waals surface area contributed by atoms with Crippen molar-refractivity contribution in [1.29, 1.82) is 0 Å². The first kappa shape index (κ1) is 13.8. The summed E-state index contributed by atoms with van der Waals surface area (Å²) in [7, 11) is -2.56. The molecule has 0 aromatic heterocycles. The number of hydrogen-bond donors (Lipinski definition) is 0. The van der Waals surface area contributed by atoms with E-state index in [9.17, 15) is 4.39 Å². The summed E-state index contributed by atoms with van der Waals surface area (Å²) in [6.07, 6.45) is -0.328. The second-order valence-corrected chi connectivity index (χ2v) is 8.95. The third-order valence-corrected chi connectivity index (χ3v) is 8.36. The Hall–Kier alpha value is -2.19. The molecule has 3 rings (SSSR count). The van der Waals surface area contributed by atoms with E-state index < -0.39 is 8.07 Å². The van der Waals surface area contributed by atoms with Crippen molar-refractivity contribution in [2.24, 2.45) is 0 Å². The lowest BCUT2D eigenvalue weighted by Gasteiger charge is -2.30. The van der Waals surface area contributed by atoms with Crippen LogP contribution >= 0.6 is 0 Å². The van der Waals surface area contributed by atoms with Gasteiger partial charge in [-0.25, -0.2) is 0 Å². The molecule has 3 aromatic carbocycles. The van der Waals surface area contributed by atoms with Crippen LogP contribution in [0.2, 0.25) is 0 Å². The molecule has 0 unspecified atom stereocenters. The van der Waals surface area contributed by atoms with Gasteiger partial charge in [-0.1, -0.05) is 91.0 Å². The van der Waals surface area contributed by atoms with E-state index in [2.05, 4.69) is 36.4 Å². The molecular weight excluding hydrogens is 275 g/mol. The highest BCUT2D eigenvalue weighted by atomic mass is 28.3. The van der Waals surface area contributed by atoms with Crippen LogP contribution in [0.4, 0.5) is 4.39 Å². The molecule has 0 amide bonds. The Morgan fingerprint density at radius 1 is 0.524 bits per heavy atom. The average Bonchev–Trinajstić information content (AvgIpc) is 2.59. The van der Waals surface area contributed by atoms with Crippen molar-refractivity contribution in [2.75, 3.05) is 6.30 Å². The van der Waals surface area contributed by atoms with Crippen LogP contribution < -0.4 is 15.6 Å². The van der Waals surface area contributed by atoms with E-state index in [0.717, 1.165) is 15.6 Å². The quantitative estimate of drug-likeness (QED) is 0.512. The van der Waals surface area contributed by atoms with Crippen molar-refractivity contribution < 1.29 is 4.39 Å². The number of halogens is 1. The Labute approximate surface area is 125 Å². The predicted octanol–water partition coefficient (Wildman–Crippen LogP) is 2.67. The maximum atomic E-state index is 14.4. The Bertz CT molecular complexity index is 584. The summed E-state index contributed by atoms with van der Waals surface area (Å²) in [4.78, 5) is 0. The smallest absolute Gasteiger partial charge is 0.181 e. The van der Waals surface area contributed by atoms with Crippen molar-refractivity contribution in [3.63, 3.8) is 0 Å². The van der Waals surface area contributed by atoms with Gasteiger partial charge >= 0.3 is 0 Å². The monoisotopic (exact) mass is 292 g/mol. The fraction of sp³-hybridized carbons (Fsp3) is 0.0526. The minimum Gasteiger partial charge on any atom is -0.254 e. The van der Waals surface area contributed by atoms with Crippen LogP contribution in [0.3, 0.4) is 0 Å². The van der Waals surface area contributed by atoms with Gasteiger partial charge in [-0.05, 0) is 15.6 Å². The van der Waals surface area contributed by atoms with Gasteiger partial charge in [-0.15, -0.1) is 0 Å². The van der Waals surface area contributed by atoms with E-state index in [-0.39, 0.29) is 6.30 Å². The summed E-state index contributed by atoms with van der Waals surface area (Å²) in [6, 6.07) is 30.3. The first-order valence-electron chi connectivity index (χ1n) is 7.10. The molecule has 3 aromatic rings. The highest BCUT2D eigenvalue weighted by Crippen LogP contribution is 2.08. The van der Waals surface area contributed by atoms with Crippen LogP contribution in [0.25, 0.3) is 0 Å². The molecule has 2 heteroatoms. The van der Waals surface area contributed by atoms with Crippen molar-refractivity contribution in [3.8, 4) is 0 Å². The molecule has 0 saturated carbocycles. The summed E-state index contributed by atoms with van der Waals surface area (Å²) in [5.74, 6) is 0. The van der Waals surface area contributed by atoms with Crippen LogP contribution in [0.1, 0.15) is 0 Å². The Kier molecular flexibility index (Phi) is 3.98. The van der Waals surface area contributed by atoms with Crippen LogP contribution in [-0.4, -0.2) is 14.4 Å². The zero-order chi connectivity index (χ0) is 14.5. The molecule has 0 heterocycles. The molecular formula is C19H17FSi. The zero-order valence-corrected chi connectivity index (χ0v) is 12.7. The van der Waals surface area contributed by atoms with Crippen LogP contribution in [0.5, 0.6) is 0 Å². The molecule has 0 aliphatic rings. The lowest BCUT2D eigenvalue weighted by molar-refractivity contribution is 0.588. The summed E-state index contributed by atoms with van der Waals surface area (Å²) in [5.41, 5.74) is 0. The number of hydrogen-bond acceptors (Lipinski definition) is 0. The van der Waals surface area contributed by atoms with Gasteiger partial charge in [-0.3, -0.25) is 4.39 Å².